The zero-order chi connectivity index (χ0) is 15.9. The lowest BCUT2D eigenvalue weighted by Crippen LogP contribution is -2.41. The SMILES string of the molecule is CCCC(C#N)(CCC)C(=O)NC(C)c1ccccc1C. The molecule has 1 aromatic rings. The Balaban J connectivity index is 2.92. The summed E-state index contributed by atoms with van der Waals surface area (Å²) in [5, 5.41) is 12.6. The van der Waals surface area contributed by atoms with E-state index in [2.05, 4.69) is 11.4 Å². The molecule has 1 unspecified atom stereocenters. The highest BCUT2D eigenvalue weighted by Crippen LogP contribution is 2.30. The molecule has 0 saturated carbocycles. The van der Waals surface area contributed by atoms with E-state index in [-0.39, 0.29) is 11.9 Å². The lowest BCUT2D eigenvalue weighted by molar-refractivity contribution is -0.129. The van der Waals surface area contributed by atoms with Crippen molar-refractivity contribution in [3.63, 3.8) is 0 Å². The first-order chi connectivity index (χ1) is 10.0. The van der Waals surface area contributed by atoms with E-state index in [0.29, 0.717) is 12.8 Å². The molecule has 0 saturated heterocycles. The standard InChI is InChI=1S/C18H26N2O/c1-5-11-18(13-19,12-6-2)17(21)20-15(4)16-10-8-7-9-14(16)3/h7-10,15H,5-6,11-12H2,1-4H3,(H,20,21). The van der Waals surface area contributed by atoms with Gasteiger partial charge in [-0.25, -0.2) is 0 Å². The first-order valence-corrected chi connectivity index (χ1v) is 7.78. The summed E-state index contributed by atoms with van der Waals surface area (Å²) in [6.45, 7) is 8.04. The summed E-state index contributed by atoms with van der Waals surface area (Å²) in [4.78, 5) is 12.6. The number of hydrogen-bond acceptors (Lipinski definition) is 2. The number of hydrogen-bond donors (Lipinski definition) is 1. The number of nitrogens with one attached hydrogen (secondary N) is 1. The first kappa shape index (κ1) is 17.2. The molecule has 0 aliphatic carbocycles. The molecule has 0 radical (unpaired) electrons. The number of carbonyl (C=O) groups is 1. The number of rotatable bonds is 7. The molecule has 0 bridgehead atoms. The third kappa shape index (κ3) is 4.07. The van der Waals surface area contributed by atoms with Gasteiger partial charge in [-0.05, 0) is 37.8 Å². The molecule has 1 N–H and O–H groups in total. The van der Waals surface area contributed by atoms with Gasteiger partial charge < -0.3 is 5.32 Å². The van der Waals surface area contributed by atoms with Crippen molar-refractivity contribution in [1.29, 1.82) is 5.26 Å². The van der Waals surface area contributed by atoms with Crippen molar-refractivity contribution in [2.45, 2.75) is 59.4 Å². The predicted molar refractivity (Wildman–Crippen MR) is 85.6 cm³/mol. The molecule has 0 aliphatic heterocycles. The van der Waals surface area contributed by atoms with Gasteiger partial charge in [-0.2, -0.15) is 5.26 Å². The minimum absolute atomic E-state index is 0.0832. The molecule has 1 atom stereocenters. The fourth-order valence-corrected chi connectivity index (χ4v) is 2.85. The van der Waals surface area contributed by atoms with Gasteiger partial charge in [0.1, 0.15) is 5.41 Å². The van der Waals surface area contributed by atoms with Crippen molar-refractivity contribution >= 4 is 5.91 Å². The predicted octanol–water partition coefficient (Wildman–Crippen LogP) is 4.28. The zero-order valence-electron chi connectivity index (χ0n) is 13.6. The topological polar surface area (TPSA) is 52.9 Å². The van der Waals surface area contributed by atoms with Crippen molar-refractivity contribution in [3.8, 4) is 6.07 Å². The normalized spacial score (nSPS) is 12.5. The van der Waals surface area contributed by atoms with Crippen LogP contribution >= 0.6 is 0 Å². The van der Waals surface area contributed by atoms with Crippen LogP contribution in [-0.4, -0.2) is 5.91 Å². The monoisotopic (exact) mass is 286 g/mol. The molecule has 1 aromatic carbocycles. The van der Waals surface area contributed by atoms with Gasteiger partial charge in [0, 0.05) is 0 Å². The summed E-state index contributed by atoms with van der Waals surface area (Å²) < 4.78 is 0. The van der Waals surface area contributed by atoms with E-state index >= 15 is 0 Å². The molecule has 21 heavy (non-hydrogen) atoms. The van der Waals surface area contributed by atoms with E-state index in [4.69, 9.17) is 0 Å². The van der Waals surface area contributed by atoms with E-state index in [1.54, 1.807) is 0 Å². The van der Waals surface area contributed by atoms with Crippen molar-refractivity contribution < 1.29 is 4.79 Å². The summed E-state index contributed by atoms with van der Waals surface area (Å²) in [5.41, 5.74) is 1.37. The van der Waals surface area contributed by atoms with E-state index in [1.165, 1.54) is 0 Å². The Morgan fingerprint density at radius 2 is 1.86 bits per heavy atom. The molecule has 3 nitrogen and oxygen atoms in total. The maximum absolute atomic E-state index is 12.6. The maximum atomic E-state index is 12.6. The largest absolute Gasteiger partial charge is 0.348 e. The van der Waals surface area contributed by atoms with E-state index in [1.807, 2.05) is 52.0 Å². The van der Waals surface area contributed by atoms with Crippen LogP contribution in [0.25, 0.3) is 0 Å². The minimum atomic E-state index is -0.888. The number of carbonyl (C=O) groups excluding carboxylic acids is 1. The number of nitrogens with zero attached hydrogens (tertiary/aromatic N) is 1. The number of amides is 1. The highest BCUT2D eigenvalue weighted by atomic mass is 16.2. The summed E-state index contributed by atoms with van der Waals surface area (Å²) in [7, 11) is 0. The average Bonchev–Trinajstić information content (AvgIpc) is 2.47. The zero-order valence-corrected chi connectivity index (χ0v) is 13.6. The molecule has 1 amide bonds. The summed E-state index contributed by atoms with van der Waals surface area (Å²) in [6, 6.07) is 10.2. The van der Waals surface area contributed by atoms with E-state index in [9.17, 15) is 10.1 Å². The lowest BCUT2D eigenvalue weighted by atomic mass is 9.79. The third-order valence-corrected chi connectivity index (χ3v) is 4.00. The fourth-order valence-electron chi connectivity index (χ4n) is 2.85. The molecule has 0 fully saturated rings. The van der Waals surface area contributed by atoms with Gasteiger partial charge in [0.25, 0.3) is 0 Å². The van der Waals surface area contributed by atoms with Gasteiger partial charge in [-0.15, -0.1) is 0 Å². The molecule has 0 aromatic heterocycles. The molecule has 0 aliphatic rings. The Bertz CT molecular complexity index is 510. The highest BCUT2D eigenvalue weighted by molar-refractivity contribution is 5.85. The molecule has 3 heteroatoms. The summed E-state index contributed by atoms with van der Waals surface area (Å²) in [5.74, 6) is -0.135. The van der Waals surface area contributed by atoms with Gasteiger partial charge in [0.05, 0.1) is 12.1 Å². The fraction of sp³-hybridized carbons (Fsp3) is 0.556. The molecular weight excluding hydrogens is 260 g/mol. The second-order valence-electron chi connectivity index (χ2n) is 5.75. The Kier molecular flexibility index (Phi) is 6.42. The Morgan fingerprint density at radius 1 is 1.29 bits per heavy atom. The minimum Gasteiger partial charge on any atom is -0.348 e. The molecule has 0 heterocycles. The van der Waals surface area contributed by atoms with Crippen molar-refractivity contribution in [2.24, 2.45) is 5.41 Å². The smallest absolute Gasteiger partial charge is 0.240 e. The van der Waals surface area contributed by atoms with Crippen LogP contribution in [0, 0.1) is 23.7 Å². The van der Waals surface area contributed by atoms with Crippen LogP contribution in [0.3, 0.4) is 0 Å². The van der Waals surface area contributed by atoms with E-state index < -0.39 is 5.41 Å². The maximum Gasteiger partial charge on any atom is 0.240 e. The Labute approximate surface area is 128 Å². The van der Waals surface area contributed by atoms with Crippen LogP contribution < -0.4 is 5.32 Å². The van der Waals surface area contributed by atoms with Gasteiger partial charge in [-0.3, -0.25) is 4.79 Å². The van der Waals surface area contributed by atoms with Gasteiger partial charge >= 0.3 is 0 Å². The second-order valence-corrected chi connectivity index (χ2v) is 5.75. The highest BCUT2D eigenvalue weighted by Gasteiger charge is 2.37. The van der Waals surface area contributed by atoms with E-state index in [0.717, 1.165) is 24.0 Å². The van der Waals surface area contributed by atoms with Crippen molar-refractivity contribution in [3.05, 3.63) is 35.4 Å². The van der Waals surface area contributed by atoms with Crippen LogP contribution in [0.4, 0.5) is 0 Å². The first-order valence-electron chi connectivity index (χ1n) is 7.78. The molecule has 0 spiro atoms. The third-order valence-electron chi connectivity index (χ3n) is 4.00. The van der Waals surface area contributed by atoms with Crippen LogP contribution in [-0.2, 0) is 4.79 Å². The van der Waals surface area contributed by atoms with Crippen molar-refractivity contribution in [1.82, 2.24) is 5.32 Å². The summed E-state index contributed by atoms with van der Waals surface area (Å²) >= 11 is 0. The quantitative estimate of drug-likeness (QED) is 0.813. The van der Waals surface area contributed by atoms with Crippen molar-refractivity contribution in [2.75, 3.05) is 0 Å². The van der Waals surface area contributed by atoms with Crippen LogP contribution in [0.5, 0.6) is 0 Å². The Morgan fingerprint density at radius 3 is 2.33 bits per heavy atom. The second kappa shape index (κ2) is 7.83. The number of nitriles is 1. The van der Waals surface area contributed by atoms with Gasteiger partial charge in [0.2, 0.25) is 5.91 Å². The van der Waals surface area contributed by atoms with Crippen LogP contribution in [0.15, 0.2) is 24.3 Å². The van der Waals surface area contributed by atoms with Gasteiger partial charge in [-0.1, -0.05) is 51.0 Å². The lowest BCUT2D eigenvalue weighted by Gasteiger charge is -2.27. The van der Waals surface area contributed by atoms with Crippen LogP contribution in [0.1, 0.15) is 63.6 Å². The molecular formula is C18H26N2O. The molecule has 1 rings (SSSR count). The Hall–Kier alpha value is -1.82. The van der Waals surface area contributed by atoms with Crippen LogP contribution in [0.2, 0.25) is 0 Å². The summed E-state index contributed by atoms with van der Waals surface area (Å²) in [6.07, 6.45) is 2.90. The molecule has 114 valence electrons. The number of benzene rings is 1. The number of aryl methyl sites for hydroxylation is 1. The average molecular weight is 286 g/mol. The van der Waals surface area contributed by atoms with Gasteiger partial charge in [0.15, 0.2) is 0 Å².